The molecule has 1 aromatic heterocycles. The summed E-state index contributed by atoms with van der Waals surface area (Å²) in [6.45, 7) is 0. The van der Waals surface area contributed by atoms with Crippen molar-refractivity contribution in [2.45, 2.75) is 6.42 Å². The van der Waals surface area contributed by atoms with Gasteiger partial charge in [-0.3, -0.25) is 4.98 Å². The smallest absolute Gasteiger partial charge is 0.122 e. The second-order valence-corrected chi connectivity index (χ2v) is 3.97. The van der Waals surface area contributed by atoms with Crippen LogP contribution in [0.2, 0.25) is 0 Å². The van der Waals surface area contributed by atoms with Gasteiger partial charge in [0, 0.05) is 18.0 Å². The van der Waals surface area contributed by atoms with Gasteiger partial charge in [-0.2, -0.15) is 0 Å². The Morgan fingerprint density at radius 1 is 1.28 bits per heavy atom. The Hall–Kier alpha value is -2.29. The topological polar surface area (TPSA) is 42.4 Å². The quantitative estimate of drug-likeness (QED) is 0.837. The molecule has 2 aromatic rings. The van der Waals surface area contributed by atoms with E-state index < -0.39 is 0 Å². The molecule has 0 amide bonds. The Labute approximate surface area is 106 Å². The summed E-state index contributed by atoms with van der Waals surface area (Å²) in [7, 11) is 1.58. The molecule has 0 aliphatic rings. The number of phenols is 1. The lowest BCUT2D eigenvalue weighted by molar-refractivity contribution is 0.341. The number of pyridine rings is 1. The van der Waals surface area contributed by atoms with Crippen LogP contribution in [-0.4, -0.2) is 17.2 Å². The minimum absolute atomic E-state index is 0.248. The van der Waals surface area contributed by atoms with Crippen molar-refractivity contribution in [3.8, 4) is 5.75 Å². The van der Waals surface area contributed by atoms with Crippen LogP contribution in [0.4, 0.5) is 0 Å². The molecule has 3 heteroatoms. The van der Waals surface area contributed by atoms with Crippen molar-refractivity contribution in [2.75, 3.05) is 7.11 Å². The molecule has 1 heterocycles. The molecule has 0 aliphatic heterocycles. The van der Waals surface area contributed by atoms with Gasteiger partial charge in [-0.05, 0) is 41.8 Å². The van der Waals surface area contributed by atoms with Crippen LogP contribution in [0.1, 0.15) is 16.7 Å². The summed E-state index contributed by atoms with van der Waals surface area (Å²) in [5.41, 5.74) is 3.01. The molecule has 0 saturated heterocycles. The Morgan fingerprint density at radius 2 is 2.17 bits per heavy atom. The second kappa shape index (κ2) is 5.87. The Morgan fingerprint density at radius 3 is 2.89 bits per heavy atom. The Bertz CT molecular complexity index is 535. The maximum Gasteiger partial charge on any atom is 0.122 e. The van der Waals surface area contributed by atoms with E-state index in [1.165, 1.54) is 0 Å². The van der Waals surface area contributed by atoms with E-state index in [-0.39, 0.29) is 5.75 Å². The molecule has 2 rings (SSSR count). The molecule has 0 unspecified atom stereocenters. The molecular weight excluding hydrogens is 226 g/mol. The summed E-state index contributed by atoms with van der Waals surface area (Å²) in [6, 6.07) is 9.50. The molecule has 0 radical (unpaired) electrons. The molecule has 92 valence electrons. The number of ether oxygens (including phenoxy) is 1. The summed E-state index contributed by atoms with van der Waals surface area (Å²) in [5.74, 6) is 0.248. The lowest BCUT2D eigenvalue weighted by Gasteiger charge is -2.05. The average molecular weight is 241 g/mol. The average Bonchev–Trinajstić information content (AvgIpc) is 2.40. The van der Waals surface area contributed by atoms with Gasteiger partial charge in [0.25, 0.3) is 0 Å². The fraction of sp³-hybridized carbons (Fsp3) is 0.133. The van der Waals surface area contributed by atoms with Crippen molar-refractivity contribution >= 4 is 6.08 Å². The molecule has 1 aromatic carbocycles. The molecule has 0 saturated carbocycles. The lowest BCUT2D eigenvalue weighted by Crippen LogP contribution is -1.89. The molecule has 3 nitrogen and oxygen atoms in total. The molecule has 0 spiro atoms. The standard InChI is InChI=1S/C15H15NO2/c1-18-8-6-14-10-12(4-5-15(14)17)9-13-3-2-7-16-11-13/h2-8,10-11,17H,9H2,1H3/b8-6+. The molecule has 0 fully saturated rings. The summed E-state index contributed by atoms with van der Waals surface area (Å²) < 4.78 is 4.86. The highest BCUT2D eigenvalue weighted by molar-refractivity contribution is 5.57. The van der Waals surface area contributed by atoms with Crippen molar-refractivity contribution < 1.29 is 9.84 Å². The number of methoxy groups -OCH3 is 1. The second-order valence-electron chi connectivity index (χ2n) is 3.97. The van der Waals surface area contributed by atoms with Crippen LogP contribution >= 0.6 is 0 Å². The van der Waals surface area contributed by atoms with E-state index in [4.69, 9.17) is 4.74 Å². The number of phenolic OH excluding ortho intramolecular Hbond substituents is 1. The number of rotatable bonds is 4. The summed E-state index contributed by atoms with van der Waals surface area (Å²) in [6.07, 6.45) is 7.68. The van der Waals surface area contributed by atoms with E-state index >= 15 is 0 Å². The Balaban J connectivity index is 2.22. The third kappa shape index (κ3) is 3.10. The normalized spacial score (nSPS) is 10.7. The minimum atomic E-state index is 0.248. The van der Waals surface area contributed by atoms with Gasteiger partial charge >= 0.3 is 0 Å². The molecule has 0 bridgehead atoms. The fourth-order valence-corrected chi connectivity index (χ4v) is 1.73. The van der Waals surface area contributed by atoms with Crippen molar-refractivity contribution in [2.24, 2.45) is 0 Å². The van der Waals surface area contributed by atoms with E-state index in [1.807, 2.05) is 30.5 Å². The molecule has 0 atom stereocenters. The number of aromatic nitrogens is 1. The third-order valence-electron chi connectivity index (χ3n) is 2.61. The molecular formula is C15H15NO2. The highest BCUT2D eigenvalue weighted by atomic mass is 16.5. The van der Waals surface area contributed by atoms with E-state index in [1.54, 1.807) is 31.7 Å². The van der Waals surface area contributed by atoms with Crippen molar-refractivity contribution in [1.82, 2.24) is 4.98 Å². The number of hydrogen-bond donors (Lipinski definition) is 1. The van der Waals surface area contributed by atoms with E-state index in [2.05, 4.69) is 4.98 Å². The van der Waals surface area contributed by atoms with Crippen molar-refractivity contribution in [3.05, 3.63) is 65.7 Å². The van der Waals surface area contributed by atoms with E-state index in [0.717, 1.165) is 23.1 Å². The van der Waals surface area contributed by atoms with Crippen LogP contribution in [0.3, 0.4) is 0 Å². The SMILES string of the molecule is CO/C=C/c1cc(Cc2cccnc2)ccc1O. The van der Waals surface area contributed by atoms with Gasteiger partial charge in [0.1, 0.15) is 5.75 Å². The van der Waals surface area contributed by atoms with Crippen LogP contribution in [-0.2, 0) is 11.2 Å². The third-order valence-corrected chi connectivity index (χ3v) is 2.61. The van der Waals surface area contributed by atoms with E-state index in [9.17, 15) is 5.11 Å². The van der Waals surface area contributed by atoms with Gasteiger partial charge < -0.3 is 9.84 Å². The van der Waals surface area contributed by atoms with Crippen LogP contribution in [0.15, 0.2) is 49.0 Å². The molecule has 1 N–H and O–H groups in total. The summed E-state index contributed by atoms with van der Waals surface area (Å²) in [5, 5.41) is 9.71. The largest absolute Gasteiger partial charge is 0.507 e. The monoisotopic (exact) mass is 241 g/mol. The first-order valence-corrected chi connectivity index (χ1v) is 5.70. The first-order chi connectivity index (χ1) is 8.79. The van der Waals surface area contributed by atoms with Crippen LogP contribution in [0.5, 0.6) is 5.75 Å². The number of aromatic hydroxyl groups is 1. The summed E-state index contributed by atoms with van der Waals surface area (Å²) >= 11 is 0. The zero-order valence-corrected chi connectivity index (χ0v) is 10.2. The summed E-state index contributed by atoms with van der Waals surface area (Å²) in [4.78, 5) is 4.09. The van der Waals surface area contributed by atoms with Gasteiger partial charge in [0.15, 0.2) is 0 Å². The zero-order valence-electron chi connectivity index (χ0n) is 10.2. The number of hydrogen-bond acceptors (Lipinski definition) is 3. The van der Waals surface area contributed by atoms with Gasteiger partial charge in [0.2, 0.25) is 0 Å². The highest BCUT2D eigenvalue weighted by Crippen LogP contribution is 2.21. The maximum absolute atomic E-state index is 9.71. The van der Waals surface area contributed by atoms with Gasteiger partial charge in [-0.15, -0.1) is 0 Å². The van der Waals surface area contributed by atoms with Gasteiger partial charge in [-0.25, -0.2) is 0 Å². The lowest BCUT2D eigenvalue weighted by atomic mass is 10.0. The van der Waals surface area contributed by atoms with Gasteiger partial charge in [0.05, 0.1) is 13.4 Å². The number of benzene rings is 1. The van der Waals surface area contributed by atoms with E-state index in [0.29, 0.717) is 0 Å². The predicted octanol–water partition coefficient (Wildman–Crippen LogP) is 3.00. The van der Waals surface area contributed by atoms with Crippen LogP contribution in [0.25, 0.3) is 6.08 Å². The first kappa shape index (κ1) is 12.2. The van der Waals surface area contributed by atoms with Crippen molar-refractivity contribution in [3.63, 3.8) is 0 Å². The zero-order chi connectivity index (χ0) is 12.8. The first-order valence-electron chi connectivity index (χ1n) is 5.70. The van der Waals surface area contributed by atoms with Crippen molar-refractivity contribution in [1.29, 1.82) is 0 Å². The predicted molar refractivity (Wildman–Crippen MR) is 71.2 cm³/mol. The van der Waals surface area contributed by atoms with Crippen LogP contribution < -0.4 is 0 Å². The maximum atomic E-state index is 9.71. The highest BCUT2D eigenvalue weighted by Gasteiger charge is 2.01. The fourth-order valence-electron chi connectivity index (χ4n) is 1.73. The molecule has 18 heavy (non-hydrogen) atoms. The van der Waals surface area contributed by atoms with Crippen LogP contribution in [0, 0.1) is 0 Å². The Kier molecular flexibility index (Phi) is 3.97. The van der Waals surface area contributed by atoms with Gasteiger partial charge in [-0.1, -0.05) is 12.1 Å². The molecule has 0 aliphatic carbocycles. The number of nitrogens with zero attached hydrogens (tertiary/aromatic N) is 1. The minimum Gasteiger partial charge on any atom is -0.507 e.